The Hall–Kier alpha value is -1.63. The molecule has 2 saturated heterocycles. The summed E-state index contributed by atoms with van der Waals surface area (Å²) in [5, 5.41) is 3.35. The minimum Gasteiger partial charge on any atom is -0.343 e. The smallest absolute Gasteiger partial charge is 0.245 e. The molecule has 2 heterocycles. The lowest BCUT2D eigenvalue weighted by atomic mass is 9.91. The molecule has 0 radical (unpaired) electrons. The predicted octanol–water partition coefficient (Wildman–Crippen LogP) is 3.13. The van der Waals surface area contributed by atoms with E-state index in [1.165, 1.54) is 0 Å². The summed E-state index contributed by atoms with van der Waals surface area (Å²) in [5.41, 5.74) is 0. The molecule has 0 spiro atoms. The van der Waals surface area contributed by atoms with Crippen molar-refractivity contribution in [2.24, 2.45) is 17.8 Å². The molecule has 7 nitrogen and oxygen atoms in total. The van der Waals surface area contributed by atoms with Gasteiger partial charge in [0.05, 0.1) is 6.04 Å². The van der Waals surface area contributed by atoms with Crippen LogP contribution < -0.4 is 5.32 Å². The molecule has 2 rings (SSSR count). The molecule has 1 N–H and O–H groups in total. The molecule has 2 aliphatic heterocycles. The van der Waals surface area contributed by atoms with Crippen LogP contribution in [0.4, 0.5) is 0 Å². The van der Waals surface area contributed by atoms with E-state index in [1.54, 1.807) is 0 Å². The number of piperazine rings is 1. The van der Waals surface area contributed by atoms with E-state index < -0.39 is 0 Å². The lowest BCUT2D eigenvalue weighted by Crippen LogP contribution is -2.62. The van der Waals surface area contributed by atoms with Crippen LogP contribution in [0.15, 0.2) is 0 Å². The first kappa shape index (κ1) is 27.6. The van der Waals surface area contributed by atoms with E-state index in [4.69, 9.17) is 0 Å². The zero-order valence-corrected chi connectivity index (χ0v) is 22.1. The molecule has 0 aromatic carbocycles. The normalized spacial score (nSPS) is 22.1. The third-order valence-corrected chi connectivity index (χ3v) is 7.42. The highest BCUT2D eigenvalue weighted by Gasteiger charge is 2.39. The van der Waals surface area contributed by atoms with Crippen molar-refractivity contribution in [3.63, 3.8) is 0 Å². The number of nitrogens with one attached hydrogen (secondary N) is 1. The molecule has 0 aromatic rings. The molecule has 3 atom stereocenters. The molecule has 190 valence electrons. The Labute approximate surface area is 201 Å². The van der Waals surface area contributed by atoms with Crippen molar-refractivity contribution in [3.8, 4) is 0 Å². The number of likely N-dealkylation sites (tertiary alicyclic amines) is 1. The number of nitrogens with zero attached hydrogens (tertiary/aromatic N) is 3. The topological polar surface area (TPSA) is 73.0 Å². The number of amides is 3. The lowest BCUT2D eigenvalue weighted by molar-refractivity contribution is -0.150. The molecule has 33 heavy (non-hydrogen) atoms. The maximum absolute atomic E-state index is 13.6. The van der Waals surface area contributed by atoms with Crippen LogP contribution in [-0.2, 0) is 14.4 Å². The van der Waals surface area contributed by atoms with Gasteiger partial charge in [-0.05, 0) is 56.8 Å². The Morgan fingerprint density at radius 2 is 1.70 bits per heavy atom. The summed E-state index contributed by atoms with van der Waals surface area (Å²) in [6, 6.07) is -0.323. The van der Waals surface area contributed by atoms with Gasteiger partial charge in [-0.1, -0.05) is 34.6 Å². The highest BCUT2D eigenvalue weighted by atomic mass is 16.2. The summed E-state index contributed by atoms with van der Waals surface area (Å²) in [5.74, 6) is 1.44. The summed E-state index contributed by atoms with van der Waals surface area (Å²) in [6.07, 6.45) is 4.71. The fourth-order valence-corrected chi connectivity index (χ4v) is 5.01. The van der Waals surface area contributed by atoms with Crippen LogP contribution >= 0.6 is 0 Å². The Morgan fingerprint density at radius 1 is 1.06 bits per heavy atom. The summed E-state index contributed by atoms with van der Waals surface area (Å²) in [6.45, 7) is 15.3. The van der Waals surface area contributed by atoms with Gasteiger partial charge in [-0.15, -0.1) is 0 Å². The number of hydrogen-bond acceptors (Lipinski definition) is 4. The van der Waals surface area contributed by atoms with Crippen molar-refractivity contribution in [3.05, 3.63) is 0 Å². The van der Waals surface area contributed by atoms with Crippen LogP contribution in [0, 0.1) is 17.8 Å². The van der Waals surface area contributed by atoms with Gasteiger partial charge in [0.15, 0.2) is 0 Å². The maximum atomic E-state index is 13.6. The summed E-state index contributed by atoms with van der Waals surface area (Å²) in [4.78, 5) is 45.1. The summed E-state index contributed by atoms with van der Waals surface area (Å²) >= 11 is 0. The first-order valence-electron chi connectivity index (χ1n) is 13.1. The maximum Gasteiger partial charge on any atom is 0.245 e. The van der Waals surface area contributed by atoms with E-state index in [1.807, 2.05) is 21.7 Å². The highest BCUT2D eigenvalue weighted by molar-refractivity contribution is 5.90. The number of hydrogen-bond donors (Lipinski definition) is 1. The van der Waals surface area contributed by atoms with Crippen LogP contribution in [0.2, 0.25) is 0 Å². The van der Waals surface area contributed by atoms with Crippen LogP contribution in [0.3, 0.4) is 0 Å². The molecule has 0 aliphatic carbocycles. The van der Waals surface area contributed by atoms with Crippen molar-refractivity contribution >= 4 is 17.7 Å². The molecule has 2 fully saturated rings. The Balaban J connectivity index is 2.00. The van der Waals surface area contributed by atoms with E-state index in [0.29, 0.717) is 50.2 Å². The van der Waals surface area contributed by atoms with Gasteiger partial charge in [0.2, 0.25) is 17.7 Å². The van der Waals surface area contributed by atoms with Gasteiger partial charge in [0.25, 0.3) is 0 Å². The highest BCUT2D eigenvalue weighted by Crippen LogP contribution is 2.25. The molecular formula is C26H48N4O3. The quantitative estimate of drug-likeness (QED) is 0.539. The standard InChI is InChI=1S/C26H48N4O3/c1-8-20(6)28(7)24(31)17-21-9-12-29(13-10-21)26(33)23(16-19(4)5)30-14-11-27-22(25(30)32)15-18(2)3/h18-23,27H,8-17H2,1-7H3/t20?,22-,23?/m0/s1. The molecular weight excluding hydrogens is 416 g/mol. The van der Waals surface area contributed by atoms with E-state index in [0.717, 1.165) is 32.2 Å². The van der Waals surface area contributed by atoms with Gasteiger partial charge < -0.3 is 20.0 Å². The zero-order valence-electron chi connectivity index (χ0n) is 22.1. The van der Waals surface area contributed by atoms with Crippen LogP contribution in [0.5, 0.6) is 0 Å². The van der Waals surface area contributed by atoms with Crippen molar-refractivity contribution in [1.29, 1.82) is 0 Å². The van der Waals surface area contributed by atoms with E-state index >= 15 is 0 Å². The van der Waals surface area contributed by atoms with Crippen molar-refractivity contribution < 1.29 is 14.4 Å². The third-order valence-electron chi connectivity index (χ3n) is 7.42. The molecule has 0 aromatic heterocycles. The average Bonchev–Trinajstić information content (AvgIpc) is 2.77. The van der Waals surface area contributed by atoms with Crippen LogP contribution in [0.25, 0.3) is 0 Å². The van der Waals surface area contributed by atoms with Crippen LogP contribution in [0.1, 0.15) is 80.1 Å². The Bertz CT molecular complexity index is 658. The van der Waals surface area contributed by atoms with Gasteiger partial charge in [0, 0.05) is 45.7 Å². The van der Waals surface area contributed by atoms with Crippen LogP contribution in [-0.4, -0.2) is 83.8 Å². The first-order valence-corrected chi connectivity index (χ1v) is 13.1. The molecule has 2 aliphatic rings. The molecule has 3 amide bonds. The lowest BCUT2D eigenvalue weighted by Gasteiger charge is -2.42. The van der Waals surface area contributed by atoms with Crippen molar-refractivity contribution in [2.45, 2.75) is 98.2 Å². The molecule has 0 saturated carbocycles. The Morgan fingerprint density at radius 3 is 2.24 bits per heavy atom. The first-order chi connectivity index (χ1) is 15.5. The predicted molar refractivity (Wildman–Crippen MR) is 133 cm³/mol. The van der Waals surface area contributed by atoms with Gasteiger partial charge in [0.1, 0.15) is 6.04 Å². The van der Waals surface area contributed by atoms with Gasteiger partial charge >= 0.3 is 0 Å². The average molecular weight is 465 g/mol. The zero-order chi connectivity index (χ0) is 24.7. The summed E-state index contributed by atoms with van der Waals surface area (Å²) < 4.78 is 0. The monoisotopic (exact) mass is 464 g/mol. The molecule has 2 unspecified atom stereocenters. The number of rotatable bonds is 10. The number of carbonyl (C=O) groups is 3. The Kier molecular flexibility index (Phi) is 10.6. The van der Waals surface area contributed by atoms with E-state index in [9.17, 15) is 14.4 Å². The van der Waals surface area contributed by atoms with Gasteiger partial charge in [-0.2, -0.15) is 0 Å². The van der Waals surface area contributed by atoms with Gasteiger partial charge in [-0.25, -0.2) is 0 Å². The number of piperidine rings is 1. The van der Waals surface area contributed by atoms with E-state index in [2.05, 4.69) is 46.9 Å². The SMILES string of the molecule is CCC(C)N(C)C(=O)CC1CCN(C(=O)C(CC(C)C)N2CCN[C@@H](CC(C)C)C2=O)CC1. The fraction of sp³-hybridized carbons (Fsp3) is 0.885. The van der Waals surface area contributed by atoms with Crippen molar-refractivity contribution in [2.75, 3.05) is 33.2 Å². The number of carbonyl (C=O) groups excluding carboxylic acids is 3. The second kappa shape index (κ2) is 12.7. The fourth-order valence-electron chi connectivity index (χ4n) is 5.01. The van der Waals surface area contributed by atoms with Gasteiger partial charge in [-0.3, -0.25) is 14.4 Å². The van der Waals surface area contributed by atoms with E-state index in [-0.39, 0.29) is 35.8 Å². The second-order valence-electron chi connectivity index (χ2n) is 11.0. The largest absolute Gasteiger partial charge is 0.343 e. The third kappa shape index (κ3) is 7.69. The minimum absolute atomic E-state index is 0.0718. The summed E-state index contributed by atoms with van der Waals surface area (Å²) in [7, 11) is 1.89. The van der Waals surface area contributed by atoms with Crippen molar-refractivity contribution in [1.82, 2.24) is 20.0 Å². The second-order valence-corrected chi connectivity index (χ2v) is 11.0. The minimum atomic E-state index is -0.385. The molecule has 0 bridgehead atoms. The molecule has 7 heteroatoms.